The molecule has 14 heavy (non-hydrogen) atoms. The average Bonchev–Trinajstić information content (AvgIpc) is 2.18. The van der Waals surface area contributed by atoms with Crippen LogP contribution in [0.15, 0.2) is 24.3 Å². The molecule has 3 nitrogen and oxygen atoms in total. The fourth-order valence-corrected chi connectivity index (χ4v) is 1.08. The van der Waals surface area contributed by atoms with Crippen molar-refractivity contribution in [2.75, 3.05) is 0 Å². The highest BCUT2D eigenvalue weighted by atomic mass is 16.5. The third-order valence-electron chi connectivity index (χ3n) is 1.84. The Kier molecular flexibility index (Phi) is 3.49. The molecule has 0 bridgehead atoms. The first-order valence-electron chi connectivity index (χ1n) is 4.48. The van der Waals surface area contributed by atoms with Crippen LogP contribution in [0.25, 0.3) is 0 Å². The van der Waals surface area contributed by atoms with Crippen LogP contribution in [0, 0.1) is 11.3 Å². The van der Waals surface area contributed by atoms with Crippen molar-refractivity contribution in [2.45, 2.75) is 26.1 Å². The van der Waals surface area contributed by atoms with Crippen molar-refractivity contribution in [3.8, 4) is 11.8 Å². The Morgan fingerprint density at radius 3 is 2.71 bits per heavy atom. The van der Waals surface area contributed by atoms with E-state index in [1.165, 1.54) is 0 Å². The van der Waals surface area contributed by atoms with Crippen LogP contribution in [0.3, 0.4) is 0 Å². The zero-order chi connectivity index (χ0) is 10.6. The zero-order valence-electron chi connectivity index (χ0n) is 8.27. The van der Waals surface area contributed by atoms with Crippen LogP contribution in [0.2, 0.25) is 0 Å². The van der Waals surface area contributed by atoms with E-state index in [0.29, 0.717) is 5.75 Å². The normalized spacial score (nSPS) is 14.1. The summed E-state index contributed by atoms with van der Waals surface area (Å²) >= 11 is 0. The van der Waals surface area contributed by atoms with Gasteiger partial charge in [-0.15, -0.1) is 0 Å². The molecule has 0 aliphatic carbocycles. The molecule has 0 radical (unpaired) electrons. The molecule has 0 amide bonds. The number of hydrogen-bond acceptors (Lipinski definition) is 3. The molecule has 1 N–H and O–H groups in total. The van der Waals surface area contributed by atoms with Crippen molar-refractivity contribution < 1.29 is 9.84 Å². The topological polar surface area (TPSA) is 53.2 Å². The van der Waals surface area contributed by atoms with E-state index >= 15 is 0 Å². The smallest absolute Gasteiger partial charge is 0.181 e. The molecular formula is C11H13NO2. The van der Waals surface area contributed by atoms with E-state index in [9.17, 15) is 5.11 Å². The van der Waals surface area contributed by atoms with Gasteiger partial charge in [-0.3, -0.25) is 0 Å². The minimum absolute atomic E-state index is 0.473. The van der Waals surface area contributed by atoms with E-state index in [2.05, 4.69) is 0 Å². The summed E-state index contributed by atoms with van der Waals surface area (Å²) in [5.41, 5.74) is 0.785. The van der Waals surface area contributed by atoms with E-state index in [4.69, 9.17) is 10.00 Å². The summed E-state index contributed by atoms with van der Waals surface area (Å²) in [6, 6.07) is 9.08. The number of hydrogen-bond donors (Lipinski definition) is 1. The SMILES string of the molecule is CC(C#N)Oc1cccc(C(C)O)c1. The highest BCUT2D eigenvalue weighted by Gasteiger charge is 2.04. The van der Waals surface area contributed by atoms with Gasteiger partial charge < -0.3 is 9.84 Å². The lowest BCUT2D eigenvalue weighted by Gasteiger charge is -2.10. The van der Waals surface area contributed by atoms with Crippen LogP contribution in [-0.4, -0.2) is 11.2 Å². The first-order chi connectivity index (χ1) is 6.63. The van der Waals surface area contributed by atoms with Crippen molar-refractivity contribution in [3.05, 3.63) is 29.8 Å². The Balaban J connectivity index is 2.79. The molecule has 0 saturated carbocycles. The largest absolute Gasteiger partial charge is 0.476 e. The lowest BCUT2D eigenvalue weighted by atomic mass is 10.1. The van der Waals surface area contributed by atoms with Crippen LogP contribution in [0.4, 0.5) is 0 Å². The Hall–Kier alpha value is -1.53. The molecule has 74 valence electrons. The first-order valence-corrected chi connectivity index (χ1v) is 4.48. The molecule has 0 saturated heterocycles. The third-order valence-corrected chi connectivity index (χ3v) is 1.84. The van der Waals surface area contributed by atoms with Gasteiger partial charge in [0, 0.05) is 0 Å². The molecule has 0 fully saturated rings. The fourth-order valence-electron chi connectivity index (χ4n) is 1.08. The summed E-state index contributed by atoms with van der Waals surface area (Å²) in [6.07, 6.45) is -0.991. The molecule has 0 spiro atoms. The number of ether oxygens (including phenoxy) is 1. The van der Waals surface area contributed by atoms with E-state index in [-0.39, 0.29) is 0 Å². The quantitative estimate of drug-likeness (QED) is 0.795. The second kappa shape index (κ2) is 4.64. The van der Waals surface area contributed by atoms with E-state index in [1.54, 1.807) is 32.0 Å². The van der Waals surface area contributed by atoms with Crippen molar-refractivity contribution in [1.29, 1.82) is 5.26 Å². The van der Waals surface area contributed by atoms with Gasteiger partial charge in [0.15, 0.2) is 6.10 Å². The molecule has 0 aliphatic heterocycles. The fraction of sp³-hybridized carbons (Fsp3) is 0.364. The predicted molar refractivity (Wildman–Crippen MR) is 52.8 cm³/mol. The maximum Gasteiger partial charge on any atom is 0.181 e. The van der Waals surface area contributed by atoms with Crippen molar-refractivity contribution in [2.24, 2.45) is 0 Å². The van der Waals surface area contributed by atoms with Gasteiger partial charge in [-0.2, -0.15) is 5.26 Å². The molecule has 1 rings (SSSR count). The number of nitrogens with zero attached hydrogens (tertiary/aromatic N) is 1. The van der Waals surface area contributed by atoms with E-state index in [0.717, 1.165) is 5.56 Å². The molecule has 1 aromatic carbocycles. The van der Waals surface area contributed by atoms with Crippen LogP contribution in [0.5, 0.6) is 5.75 Å². The lowest BCUT2D eigenvalue weighted by molar-refractivity contribution is 0.198. The van der Waals surface area contributed by atoms with Gasteiger partial charge in [-0.25, -0.2) is 0 Å². The minimum atomic E-state index is -0.518. The van der Waals surface area contributed by atoms with Gasteiger partial charge in [-0.1, -0.05) is 12.1 Å². The Bertz CT molecular complexity index is 341. The molecule has 2 unspecified atom stereocenters. The second-order valence-electron chi connectivity index (χ2n) is 3.14. The minimum Gasteiger partial charge on any atom is -0.476 e. The highest BCUT2D eigenvalue weighted by molar-refractivity contribution is 5.30. The first kappa shape index (κ1) is 10.6. The molecule has 2 atom stereocenters. The zero-order valence-corrected chi connectivity index (χ0v) is 8.27. The van der Waals surface area contributed by atoms with Crippen molar-refractivity contribution >= 4 is 0 Å². The molecular weight excluding hydrogens is 178 g/mol. The van der Waals surface area contributed by atoms with Crippen molar-refractivity contribution in [3.63, 3.8) is 0 Å². The summed E-state index contributed by atoms with van der Waals surface area (Å²) in [5, 5.41) is 17.9. The third kappa shape index (κ3) is 2.75. The second-order valence-corrected chi connectivity index (χ2v) is 3.14. The number of aliphatic hydroxyl groups is 1. The van der Waals surface area contributed by atoms with Gasteiger partial charge in [0.25, 0.3) is 0 Å². The Morgan fingerprint density at radius 1 is 1.43 bits per heavy atom. The summed E-state index contributed by atoms with van der Waals surface area (Å²) in [6.45, 7) is 3.36. The highest BCUT2D eigenvalue weighted by Crippen LogP contribution is 2.19. The van der Waals surface area contributed by atoms with Gasteiger partial charge in [0.2, 0.25) is 0 Å². The van der Waals surface area contributed by atoms with Crippen LogP contribution < -0.4 is 4.74 Å². The molecule has 0 aromatic heterocycles. The van der Waals surface area contributed by atoms with E-state index in [1.807, 2.05) is 12.1 Å². The summed E-state index contributed by atoms with van der Waals surface area (Å²) in [4.78, 5) is 0. The van der Waals surface area contributed by atoms with Gasteiger partial charge in [0.05, 0.1) is 6.10 Å². The lowest BCUT2D eigenvalue weighted by Crippen LogP contribution is -2.08. The Labute approximate surface area is 83.6 Å². The van der Waals surface area contributed by atoms with Crippen LogP contribution in [-0.2, 0) is 0 Å². The summed E-state index contributed by atoms with van der Waals surface area (Å²) < 4.78 is 5.28. The van der Waals surface area contributed by atoms with Crippen LogP contribution >= 0.6 is 0 Å². The summed E-state index contributed by atoms with van der Waals surface area (Å²) in [5.74, 6) is 0.609. The summed E-state index contributed by atoms with van der Waals surface area (Å²) in [7, 11) is 0. The molecule has 3 heteroatoms. The monoisotopic (exact) mass is 191 g/mol. The van der Waals surface area contributed by atoms with Crippen LogP contribution in [0.1, 0.15) is 25.5 Å². The number of benzene rings is 1. The van der Waals surface area contributed by atoms with Gasteiger partial charge in [-0.05, 0) is 31.5 Å². The standard InChI is InChI=1S/C11H13NO2/c1-8(7-12)14-11-5-3-4-10(6-11)9(2)13/h3-6,8-9,13H,1-2H3. The maximum absolute atomic E-state index is 9.32. The van der Waals surface area contributed by atoms with E-state index < -0.39 is 12.2 Å². The predicted octanol–water partition coefficient (Wildman–Crippen LogP) is 2.03. The number of nitriles is 1. The molecule has 0 aliphatic rings. The number of rotatable bonds is 3. The van der Waals surface area contributed by atoms with Gasteiger partial charge in [0.1, 0.15) is 11.8 Å². The van der Waals surface area contributed by atoms with Crippen molar-refractivity contribution in [1.82, 2.24) is 0 Å². The molecule has 1 aromatic rings. The maximum atomic E-state index is 9.32. The Morgan fingerprint density at radius 2 is 2.14 bits per heavy atom. The molecule has 0 heterocycles. The number of aliphatic hydroxyl groups excluding tert-OH is 1. The average molecular weight is 191 g/mol. The van der Waals surface area contributed by atoms with Gasteiger partial charge >= 0.3 is 0 Å².